The fourth-order valence-electron chi connectivity index (χ4n) is 6.01. The van der Waals surface area contributed by atoms with E-state index in [2.05, 4.69) is 91.6 Å². The highest BCUT2D eigenvalue weighted by atomic mass is 32.2. The molecule has 2 N–H and O–H groups in total. The van der Waals surface area contributed by atoms with Gasteiger partial charge in [-0.1, -0.05) is 101 Å². The highest BCUT2D eigenvalue weighted by molar-refractivity contribution is 7.99. The molecule has 4 saturated heterocycles. The molecule has 3 nitrogen and oxygen atoms in total. The van der Waals surface area contributed by atoms with Gasteiger partial charge >= 0.3 is 0 Å². The van der Waals surface area contributed by atoms with E-state index in [1.54, 1.807) is 0 Å². The Labute approximate surface area is 270 Å². The van der Waals surface area contributed by atoms with E-state index in [0.29, 0.717) is 27.1 Å². The van der Waals surface area contributed by atoms with E-state index < -0.39 is 0 Å². The van der Waals surface area contributed by atoms with E-state index in [9.17, 15) is 0 Å². The predicted octanol–water partition coefficient (Wildman–Crippen LogP) is 10.9. The van der Waals surface area contributed by atoms with Gasteiger partial charge in [0.05, 0.1) is 0 Å². The Balaban J connectivity index is 0.000000263. The molecule has 0 amide bonds. The zero-order valence-corrected chi connectivity index (χ0v) is 31.4. The number of thioether (sulfide) groups is 1. The lowest BCUT2D eigenvalue weighted by molar-refractivity contribution is 0.0327. The summed E-state index contributed by atoms with van der Waals surface area (Å²) in [6.07, 6.45) is 20.9. The summed E-state index contributed by atoms with van der Waals surface area (Å²) in [6.45, 7) is 30.3. The molecule has 4 heterocycles. The molecular weight excluding hydrogens is 532 g/mol. The second-order valence-electron chi connectivity index (χ2n) is 17.8. The van der Waals surface area contributed by atoms with Crippen LogP contribution in [0.25, 0.3) is 0 Å². The molecule has 0 unspecified atom stereocenters. The molecule has 4 heteroatoms. The summed E-state index contributed by atoms with van der Waals surface area (Å²) in [5, 5.41) is 6.78. The summed E-state index contributed by atoms with van der Waals surface area (Å²) in [4.78, 5) is 0. The van der Waals surface area contributed by atoms with Gasteiger partial charge in [0.2, 0.25) is 0 Å². The lowest BCUT2D eigenvalue weighted by Crippen LogP contribution is -2.32. The fourth-order valence-corrected chi connectivity index (χ4v) is 7.60. The topological polar surface area (TPSA) is 33.3 Å². The average molecular weight is 611 g/mol. The highest BCUT2D eigenvalue weighted by Crippen LogP contribution is 2.34. The van der Waals surface area contributed by atoms with Crippen molar-refractivity contribution in [2.75, 3.05) is 50.9 Å². The van der Waals surface area contributed by atoms with Gasteiger partial charge in [0, 0.05) is 19.8 Å². The van der Waals surface area contributed by atoms with Crippen molar-refractivity contribution in [2.24, 2.45) is 27.1 Å². The van der Waals surface area contributed by atoms with Crippen molar-refractivity contribution in [3.8, 4) is 0 Å². The summed E-state index contributed by atoms with van der Waals surface area (Å²) in [7, 11) is 0. The predicted molar refractivity (Wildman–Crippen MR) is 192 cm³/mol. The van der Waals surface area contributed by atoms with Gasteiger partial charge in [-0.3, -0.25) is 0 Å². The van der Waals surface area contributed by atoms with Crippen LogP contribution in [0.3, 0.4) is 0 Å². The maximum atomic E-state index is 5.21. The normalized spacial score (nSPS) is 27.6. The Morgan fingerprint density at radius 2 is 0.833 bits per heavy atom. The molecule has 0 radical (unpaired) electrons. The van der Waals surface area contributed by atoms with Gasteiger partial charge in [-0.25, -0.2) is 0 Å². The van der Waals surface area contributed by atoms with Gasteiger partial charge in [-0.05, 0) is 122 Å². The van der Waals surface area contributed by atoms with Crippen molar-refractivity contribution in [3.05, 3.63) is 0 Å². The molecule has 252 valence electrons. The Hall–Kier alpha value is 0.230. The summed E-state index contributed by atoms with van der Waals surface area (Å²) < 4.78 is 5.21. The van der Waals surface area contributed by atoms with Gasteiger partial charge in [0.1, 0.15) is 0 Å². The van der Waals surface area contributed by atoms with Crippen LogP contribution in [0.4, 0.5) is 0 Å². The van der Waals surface area contributed by atoms with Gasteiger partial charge in [0.15, 0.2) is 0 Å². The van der Waals surface area contributed by atoms with E-state index >= 15 is 0 Å². The maximum Gasteiger partial charge on any atom is 0.0471 e. The lowest BCUT2D eigenvalue weighted by Gasteiger charge is -2.29. The van der Waals surface area contributed by atoms with Crippen molar-refractivity contribution >= 4 is 11.8 Å². The van der Waals surface area contributed by atoms with Gasteiger partial charge in [-0.15, -0.1) is 0 Å². The van der Waals surface area contributed by atoms with Gasteiger partial charge < -0.3 is 15.4 Å². The monoisotopic (exact) mass is 611 g/mol. The molecule has 0 atom stereocenters. The highest BCUT2D eigenvalue weighted by Gasteiger charge is 2.22. The van der Waals surface area contributed by atoms with Crippen molar-refractivity contribution in [1.82, 2.24) is 10.6 Å². The van der Waals surface area contributed by atoms with Crippen molar-refractivity contribution in [3.63, 3.8) is 0 Å². The Morgan fingerprint density at radius 3 is 1.24 bits per heavy atom. The molecule has 0 spiro atoms. The molecule has 5 aliphatic rings. The van der Waals surface area contributed by atoms with Crippen molar-refractivity contribution < 1.29 is 4.74 Å². The SMILES string of the molecule is CC1(C)CCCCCC1.CC1(C)CCCCNC1.CC1(C)CCNCC1.CC1(C)CCOCC1.CC1(C)CCSCC1. The van der Waals surface area contributed by atoms with Crippen LogP contribution in [0.2, 0.25) is 0 Å². The maximum absolute atomic E-state index is 5.21. The van der Waals surface area contributed by atoms with Crippen LogP contribution in [0.5, 0.6) is 0 Å². The Morgan fingerprint density at radius 1 is 0.405 bits per heavy atom. The summed E-state index contributed by atoms with van der Waals surface area (Å²) in [6, 6.07) is 0. The molecule has 5 fully saturated rings. The van der Waals surface area contributed by atoms with E-state index in [1.165, 1.54) is 134 Å². The van der Waals surface area contributed by atoms with Crippen LogP contribution >= 0.6 is 11.8 Å². The van der Waals surface area contributed by atoms with E-state index in [1.807, 2.05) is 0 Å². The van der Waals surface area contributed by atoms with Gasteiger partial charge in [0.25, 0.3) is 0 Å². The third-order valence-corrected chi connectivity index (χ3v) is 11.2. The molecule has 0 aromatic rings. The van der Waals surface area contributed by atoms with Crippen LogP contribution in [-0.4, -0.2) is 50.9 Å². The number of rotatable bonds is 0. The standard InChI is InChI=1S/C9H18.C8H17N.C7H15N.C7H14O.C7H14S/c1-9(2)7-5-3-4-6-8-9;1-8(2)5-3-4-6-9-7-8;3*1-7(2)3-5-8-6-4-7/h3-8H2,1-2H3;9H,3-7H2,1-2H3;8H,3-6H2,1-2H3;2*3-6H2,1-2H3. The molecular formula is C38H78N2OS. The number of hydrogen-bond donors (Lipinski definition) is 2. The zero-order chi connectivity index (χ0) is 31.6. The summed E-state index contributed by atoms with van der Waals surface area (Å²) in [5.74, 6) is 2.76. The molecule has 0 bridgehead atoms. The summed E-state index contributed by atoms with van der Waals surface area (Å²) >= 11 is 2.10. The number of nitrogens with one attached hydrogen (secondary N) is 2. The van der Waals surface area contributed by atoms with Crippen LogP contribution in [0.15, 0.2) is 0 Å². The molecule has 5 rings (SSSR count). The third kappa shape index (κ3) is 22.7. The zero-order valence-electron chi connectivity index (χ0n) is 30.6. The Bertz CT molecular complexity index is 550. The first kappa shape index (κ1) is 40.3. The van der Waals surface area contributed by atoms with E-state index in [-0.39, 0.29) is 0 Å². The van der Waals surface area contributed by atoms with E-state index in [0.717, 1.165) is 13.2 Å². The average Bonchev–Trinajstić information content (AvgIpc) is 3.23. The first-order chi connectivity index (χ1) is 19.5. The van der Waals surface area contributed by atoms with Crippen LogP contribution in [-0.2, 0) is 4.74 Å². The first-order valence-electron chi connectivity index (χ1n) is 18.1. The second kappa shape index (κ2) is 20.4. The third-order valence-electron chi connectivity index (χ3n) is 10.2. The van der Waals surface area contributed by atoms with Gasteiger partial charge in [-0.2, -0.15) is 11.8 Å². The minimum atomic E-state index is 0.552. The molecule has 42 heavy (non-hydrogen) atoms. The Kier molecular flexibility index (Phi) is 19.5. The minimum Gasteiger partial charge on any atom is -0.381 e. The molecule has 0 aromatic carbocycles. The number of ether oxygens (including phenoxy) is 1. The van der Waals surface area contributed by atoms with Crippen LogP contribution in [0, 0.1) is 27.1 Å². The smallest absolute Gasteiger partial charge is 0.0471 e. The van der Waals surface area contributed by atoms with Crippen molar-refractivity contribution in [1.29, 1.82) is 0 Å². The van der Waals surface area contributed by atoms with E-state index in [4.69, 9.17) is 4.74 Å². The largest absolute Gasteiger partial charge is 0.381 e. The van der Waals surface area contributed by atoms with Crippen LogP contribution < -0.4 is 10.6 Å². The van der Waals surface area contributed by atoms with Crippen LogP contribution in [0.1, 0.15) is 166 Å². The lowest BCUT2D eigenvalue weighted by atomic mass is 9.83. The summed E-state index contributed by atoms with van der Waals surface area (Å²) in [5.41, 5.74) is 3.04. The molecule has 1 saturated carbocycles. The number of hydrogen-bond acceptors (Lipinski definition) is 4. The van der Waals surface area contributed by atoms with Crippen molar-refractivity contribution in [2.45, 2.75) is 166 Å². The molecule has 1 aliphatic carbocycles. The number of piperidine rings is 1. The molecule has 4 aliphatic heterocycles. The second-order valence-corrected chi connectivity index (χ2v) is 19.1. The minimum absolute atomic E-state index is 0.552. The quantitative estimate of drug-likeness (QED) is 0.267. The molecule has 0 aromatic heterocycles. The first-order valence-corrected chi connectivity index (χ1v) is 19.3. The fraction of sp³-hybridized carbons (Fsp3) is 1.00.